The zero-order chi connectivity index (χ0) is 8.81. The van der Waals surface area contributed by atoms with Crippen LogP contribution in [0, 0.1) is 0 Å². The minimum atomic E-state index is 0.911. The molecule has 0 radical (unpaired) electrons. The van der Waals surface area contributed by atoms with Crippen LogP contribution in [0.2, 0.25) is 0 Å². The highest BCUT2D eigenvalue weighted by Gasteiger charge is 2.20. The fraction of sp³-hybridized carbons (Fsp3) is 1.00. The van der Waals surface area contributed by atoms with Gasteiger partial charge in [-0.3, -0.25) is 0 Å². The van der Waals surface area contributed by atoms with Crippen LogP contribution in [-0.4, -0.2) is 29.4 Å². The Bertz CT molecular complexity index is 110. The molecule has 0 amide bonds. The van der Waals surface area contributed by atoms with Gasteiger partial charge in [0, 0.05) is 11.4 Å². The monoisotopic (exact) mass is 233 g/mol. The van der Waals surface area contributed by atoms with Gasteiger partial charge in [0.05, 0.1) is 0 Å². The van der Waals surface area contributed by atoms with Crippen LogP contribution in [0.15, 0.2) is 0 Å². The predicted molar refractivity (Wildman–Crippen MR) is 57.9 cm³/mol. The maximum absolute atomic E-state index is 3.49. The second kappa shape index (κ2) is 5.98. The summed E-state index contributed by atoms with van der Waals surface area (Å²) in [5.74, 6) is 0. The minimum absolute atomic E-state index is 0.911. The number of hydrogen-bond acceptors (Lipinski definition) is 1. The molecule has 1 aliphatic carbocycles. The van der Waals surface area contributed by atoms with E-state index in [1.165, 1.54) is 45.2 Å². The van der Waals surface area contributed by atoms with Crippen LogP contribution < -0.4 is 0 Å². The van der Waals surface area contributed by atoms with E-state index in [-0.39, 0.29) is 0 Å². The maximum Gasteiger partial charge on any atom is 0.00951 e. The Labute approximate surface area is 84.6 Å². The Kier molecular flexibility index (Phi) is 5.24. The van der Waals surface area contributed by atoms with Crippen molar-refractivity contribution in [3.8, 4) is 0 Å². The molecule has 72 valence electrons. The first-order chi connectivity index (χ1) is 5.88. The van der Waals surface area contributed by atoms with Crippen molar-refractivity contribution in [3.05, 3.63) is 0 Å². The zero-order valence-corrected chi connectivity index (χ0v) is 9.65. The summed E-state index contributed by atoms with van der Waals surface area (Å²) >= 11 is 3.49. The van der Waals surface area contributed by atoms with Gasteiger partial charge in [-0.25, -0.2) is 0 Å². The van der Waals surface area contributed by atoms with Gasteiger partial charge in [0.15, 0.2) is 0 Å². The highest BCUT2D eigenvalue weighted by atomic mass is 79.9. The van der Waals surface area contributed by atoms with Crippen molar-refractivity contribution in [1.82, 2.24) is 4.90 Å². The first-order valence-corrected chi connectivity index (χ1v) is 6.30. The smallest absolute Gasteiger partial charge is 0.00951 e. The zero-order valence-electron chi connectivity index (χ0n) is 8.06. The van der Waals surface area contributed by atoms with Crippen molar-refractivity contribution in [2.24, 2.45) is 0 Å². The molecule has 2 heteroatoms. The van der Waals surface area contributed by atoms with Crippen LogP contribution in [0.25, 0.3) is 0 Å². The van der Waals surface area contributed by atoms with Crippen LogP contribution >= 0.6 is 15.9 Å². The molecular weight excluding hydrogens is 214 g/mol. The molecule has 12 heavy (non-hydrogen) atoms. The van der Waals surface area contributed by atoms with E-state index in [0.717, 1.165) is 11.4 Å². The second-order valence-corrected chi connectivity index (χ2v) is 4.40. The lowest BCUT2D eigenvalue weighted by atomic mass is 10.2. The van der Waals surface area contributed by atoms with Gasteiger partial charge >= 0.3 is 0 Å². The molecule has 1 nitrogen and oxygen atoms in total. The van der Waals surface area contributed by atoms with E-state index < -0.39 is 0 Å². The molecule has 0 aromatic rings. The molecule has 0 spiro atoms. The molecule has 0 aromatic heterocycles. The van der Waals surface area contributed by atoms with Crippen LogP contribution in [-0.2, 0) is 0 Å². The Morgan fingerprint density at radius 1 is 1.33 bits per heavy atom. The summed E-state index contributed by atoms with van der Waals surface area (Å²) in [7, 11) is 0. The summed E-state index contributed by atoms with van der Waals surface area (Å²) in [6.45, 7) is 4.80. The van der Waals surface area contributed by atoms with Gasteiger partial charge in [0.25, 0.3) is 0 Å². The van der Waals surface area contributed by atoms with E-state index in [1.807, 2.05) is 0 Å². The third-order valence-electron chi connectivity index (χ3n) is 2.83. The summed E-state index contributed by atoms with van der Waals surface area (Å²) in [5.41, 5.74) is 0. The standard InChI is InChI=1S/C10H20BrN/c1-2-12(9-5-8-11)10-6-3-4-7-10/h10H,2-9H2,1H3. The molecule has 0 heterocycles. The van der Waals surface area contributed by atoms with Gasteiger partial charge < -0.3 is 4.90 Å². The Hall–Kier alpha value is 0.440. The predicted octanol–water partition coefficient (Wildman–Crippen LogP) is 3.04. The fourth-order valence-corrected chi connectivity index (χ4v) is 2.38. The highest BCUT2D eigenvalue weighted by Crippen LogP contribution is 2.23. The molecule has 1 saturated carbocycles. The van der Waals surface area contributed by atoms with Gasteiger partial charge in [0.2, 0.25) is 0 Å². The third-order valence-corrected chi connectivity index (χ3v) is 3.39. The molecule has 0 saturated heterocycles. The summed E-state index contributed by atoms with van der Waals surface area (Å²) in [5, 5.41) is 1.15. The number of nitrogens with zero attached hydrogens (tertiary/aromatic N) is 1. The molecule has 0 atom stereocenters. The molecule has 1 aliphatic rings. The van der Waals surface area contributed by atoms with Crippen molar-refractivity contribution < 1.29 is 0 Å². The number of hydrogen-bond donors (Lipinski definition) is 0. The van der Waals surface area contributed by atoms with Crippen LogP contribution in [0.3, 0.4) is 0 Å². The van der Waals surface area contributed by atoms with Gasteiger partial charge in [-0.05, 0) is 32.4 Å². The number of alkyl halides is 1. The minimum Gasteiger partial charge on any atom is -0.301 e. The molecule has 1 fully saturated rings. The van der Waals surface area contributed by atoms with E-state index >= 15 is 0 Å². The van der Waals surface area contributed by atoms with Crippen molar-refractivity contribution in [2.45, 2.75) is 45.1 Å². The van der Waals surface area contributed by atoms with Crippen molar-refractivity contribution in [1.29, 1.82) is 0 Å². The Morgan fingerprint density at radius 3 is 2.50 bits per heavy atom. The summed E-state index contributed by atoms with van der Waals surface area (Å²) in [6, 6.07) is 0.911. The topological polar surface area (TPSA) is 3.24 Å². The molecule has 0 aliphatic heterocycles. The molecule has 1 rings (SSSR count). The van der Waals surface area contributed by atoms with Crippen LogP contribution in [0.5, 0.6) is 0 Å². The van der Waals surface area contributed by atoms with Crippen molar-refractivity contribution >= 4 is 15.9 Å². The van der Waals surface area contributed by atoms with Gasteiger partial charge in [-0.1, -0.05) is 35.7 Å². The summed E-state index contributed by atoms with van der Waals surface area (Å²) in [6.07, 6.45) is 7.08. The summed E-state index contributed by atoms with van der Waals surface area (Å²) in [4.78, 5) is 2.65. The van der Waals surface area contributed by atoms with Crippen LogP contribution in [0.4, 0.5) is 0 Å². The van der Waals surface area contributed by atoms with E-state index in [9.17, 15) is 0 Å². The lowest BCUT2D eigenvalue weighted by Crippen LogP contribution is -2.34. The molecule has 0 N–H and O–H groups in total. The maximum atomic E-state index is 3.49. The van der Waals surface area contributed by atoms with Crippen molar-refractivity contribution in [2.75, 3.05) is 18.4 Å². The average Bonchev–Trinajstić information content (AvgIpc) is 2.59. The Balaban J connectivity index is 2.22. The van der Waals surface area contributed by atoms with Gasteiger partial charge in [-0.2, -0.15) is 0 Å². The largest absolute Gasteiger partial charge is 0.301 e. The molecule has 0 bridgehead atoms. The molecular formula is C10H20BrN. The molecule has 0 unspecified atom stereocenters. The fourth-order valence-electron chi connectivity index (χ4n) is 2.13. The lowest BCUT2D eigenvalue weighted by molar-refractivity contribution is 0.210. The first-order valence-electron chi connectivity index (χ1n) is 5.18. The highest BCUT2D eigenvalue weighted by molar-refractivity contribution is 9.09. The van der Waals surface area contributed by atoms with Gasteiger partial charge in [-0.15, -0.1) is 0 Å². The average molecular weight is 234 g/mol. The summed E-state index contributed by atoms with van der Waals surface area (Å²) < 4.78 is 0. The number of rotatable bonds is 5. The first kappa shape index (κ1) is 10.5. The van der Waals surface area contributed by atoms with Crippen LogP contribution in [0.1, 0.15) is 39.0 Å². The van der Waals surface area contributed by atoms with E-state index in [0.29, 0.717) is 0 Å². The second-order valence-electron chi connectivity index (χ2n) is 3.61. The quantitative estimate of drug-likeness (QED) is 0.661. The normalized spacial score (nSPS) is 19.2. The van der Waals surface area contributed by atoms with E-state index in [4.69, 9.17) is 0 Å². The Morgan fingerprint density at radius 2 is 2.00 bits per heavy atom. The van der Waals surface area contributed by atoms with Crippen molar-refractivity contribution in [3.63, 3.8) is 0 Å². The van der Waals surface area contributed by atoms with E-state index in [2.05, 4.69) is 27.8 Å². The van der Waals surface area contributed by atoms with E-state index in [1.54, 1.807) is 0 Å². The molecule has 0 aromatic carbocycles. The SMILES string of the molecule is CCN(CCCBr)C1CCCC1. The third kappa shape index (κ3) is 3.06. The van der Waals surface area contributed by atoms with Gasteiger partial charge in [0.1, 0.15) is 0 Å². The number of halogens is 1. The lowest BCUT2D eigenvalue weighted by Gasteiger charge is -2.26.